The third kappa shape index (κ3) is 19.8. The number of hydrogen-bond acceptors (Lipinski definition) is 4. The molecule has 0 spiro atoms. The summed E-state index contributed by atoms with van der Waals surface area (Å²) in [4.78, 5) is 0. The average Bonchev–Trinajstić information content (AvgIpc) is 2.42. The zero-order valence-corrected chi connectivity index (χ0v) is 14.2. The Hall–Kier alpha value is -0.170. The summed E-state index contributed by atoms with van der Waals surface area (Å²) in [6.07, 6.45) is 13.0. The molecule has 0 rings (SSSR count). The highest BCUT2D eigenvalue weighted by Gasteiger charge is 2.02. The van der Waals surface area contributed by atoms with Gasteiger partial charge in [-0.3, -0.25) is 4.55 Å². The smallest absolute Gasteiger partial charge is 0.381 e. The van der Waals surface area contributed by atoms with Crippen molar-refractivity contribution in [1.29, 1.82) is 0 Å². The van der Waals surface area contributed by atoms with Crippen molar-refractivity contribution in [2.24, 2.45) is 0 Å². The summed E-state index contributed by atoms with van der Waals surface area (Å²) in [5.74, 6) is 0. The van der Waals surface area contributed by atoms with Crippen molar-refractivity contribution < 1.29 is 21.9 Å². The van der Waals surface area contributed by atoms with Gasteiger partial charge in [0.05, 0.1) is 6.61 Å². The van der Waals surface area contributed by atoms with E-state index >= 15 is 0 Å². The lowest BCUT2D eigenvalue weighted by Crippen LogP contribution is -2.06. The third-order valence-corrected chi connectivity index (χ3v) is 3.77. The van der Waals surface area contributed by atoms with E-state index in [9.17, 15) is 8.42 Å². The fourth-order valence-corrected chi connectivity index (χ4v) is 2.42. The lowest BCUT2D eigenvalue weighted by atomic mass is 10.1. The number of rotatable bonds is 16. The van der Waals surface area contributed by atoms with Gasteiger partial charge in [0.1, 0.15) is 0 Å². The van der Waals surface area contributed by atoms with Gasteiger partial charge in [-0.2, -0.15) is 8.42 Å². The molecule has 0 aliphatic rings. The summed E-state index contributed by atoms with van der Waals surface area (Å²) in [5, 5.41) is 0. The molecule has 0 saturated heterocycles. The second-order valence-electron chi connectivity index (χ2n) is 5.40. The molecule has 0 atom stereocenters. The van der Waals surface area contributed by atoms with Crippen molar-refractivity contribution in [3.8, 4) is 0 Å². The Balaban J connectivity index is 3.03. The van der Waals surface area contributed by atoms with Gasteiger partial charge in [0, 0.05) is 13.2 Å². The van der Waals surface area contributed by atoms with Crippen LogP contribution in [0.3, 0.4) is 0 Å². The molecule has 0 fully saturated rings. The van der Waals surface area contributed by atoms with Gasteiger partial charge in [-0.15, -0.1) is 0 Å². The molecule has 0 heterocycles. The van der Waals surface area contributed by atoms with Gasteiger partial charge < -0.3 is 4.74 Å². The van der Waals surface area contributed by atoms with Gasteiger partial charge in [0.15, 0.2) is 0 Å². The molecular weight excluding hydrogens is 292 g/mol. The van der Waals surface area contributed by atoms with Gasteiger partial charge in [0.2, 0.25) is 0 Å². The molecule has 0 aromatic heterocycles. The van der Waals surface area contributed by atoms with Crippen LogP contribution in [0.1, 0.15) is 77.6 Å². The van der Waals surface area contributed by atoms with Crippen molar-refractivity contribution in [3.63, 3.8) is 0 Å². The standard InChI is InChI=1S/C15H32O5S/c1-2-3-4-5-6-7-8-9-10-13-19-14-11-12-15-20-21(16,17)18/h2-15H2,1H3,(H,16,17,18). The van der Waals surface area contributed by atoms with Crippen LogP contribution in [0, 0.1) is 0 Å². The average molecular weight is 324 g/mol. The highest BCUT2D eigenvalue weighted by molar-refractivity contribution is 7.80. The molecular formula is C15H32O5S. The van der Waals surface area contributed by atoms with Gasteiger partial charge in [-0.05, 0) is 19.3 Å². The molecule has 0 amide bonds. The number of unbranched alkanes of at least 4 members (excludes halogenated alkanes) is 9. The first-order valence-corrected chi connectivity index (χ1v) is 9.62. The Morgan fingerprint density at radius 1 is 0.714 bits per heavy atom. The number of hydrogen-bond donors (Lipinski definition) is 1. The first-order chi connectivity index (χ1) is 10.1. The zero-order chi connectivity index (χ0) is 15.8. The van der Waals surface area contributed by atoms with Gasteiger partial charge in [-0.1, -0.05) is 58.3 Å². The molecule has 21 heavy (non-hydrogen) atoms. The van der Waals surface area contributed by atoms with Crippen molar-refractivity contribution in [1.82, 2.24) is 0 Å². The molecule has 6 heteroatoms. The van der Waals surface area contributed by atoms with E-state index < -0.39 is 10.4 Å². The fourth-order valence-electron chi connectivity index (χ4n) is 2.09. The Kier molecular flexibility index (Phi) is 14.6. The van der Waals surface area contributed by atoms with Crippen LogP contribution in [0.4, 0.5) is 0 Å². The van der Waals surface area contributed by atoms with E-state index in [1.165, 1.54) is 51.4 Å². The van der Waals surface area contributed by atoms with Gasteiger partial charge in [0.25, 0.3) is 0 Å². The van der Waals surface area contributed by atoms with E-state index in [2.05, 4.69) is 11.1 Å². The molecule has 0 aromatic rings. The highest BCUT2D eigenvalue weighted by Crippen LogP contribution is 2.09. The molecule has 0 bridgehead atoms. The number of ether oxygens (including phenoxy) is 1. The molecule has 5 nitrogen and oxygen atoms in total. The quantitative estimate of drug-likeness (QED) is 0.341. The van der Waals surface area contributed by atoms with Crippen molar-refractivity contribution in [2.75, 3.05) is 19.8 Å². The van der Waals surface area contributed by atoms with E-state index in [1.807, 2.05) is 0 Å². The minimum absolute atomic E-state index is 0.0141. The lowest BCUT2D eigenvalue weighted by Gasteiger charge is -2.04. The normalized spacial score (nSPS) is 11.9. The van der Waals surface area contributed by atoms with E-state index in [0.717, 1.165) is 19.4 Å². The Bertz CT molecular complexity index is 303. The van der Waals surface area contributed by atoms with Crippen LogP contribution in [0.2, 0.25) is 0 Å². The predicted octanol–water partition coefficient (Wildman–Crippen LogP) is 4.13. The summed E-state index contributed by atoms with van der Waals surface area (Å²) in [6, 6.07) is 0. The van der Waals surface area contributed by atoms with Crippen molar-refractivity contribution in [3.05, 3.63) is 0 Å². The van der Waals surface area contributed by atoms with E-state index in [-0.39, 0.29) is 6.61 Å². The van der Waals surface area contributed by atoms with Crippen LogP contribution in [-0.2, 0) is 19.3 Å². The van der Waals surface area contributed by atoms with Gasteiger partial charge in [-0.25, -0.2) is 4.18 Å². The Morgan fingerprint density at radius 2 is 1.14 bits per heavy atom. The van der Waals surface area contributed by atoms with Crippen LogP contribution in [-0.4, -0.2) is 32.8 Å². The third-order valence-electron chi connectivity index (χ3n) is 3.31. The van der Waals surface area contributed by atoms with Crippen LogP contribution in [0.25, 0.3) is 0 Å². The molecule has 0 saturated carbocycles. The topological polar surface area (TPSA) is 72.8 Å². The summed E-state index contributed by atoms with van der Waals surface area (Å²) in [5.41, 5.74) is 0. The van der Waals surface area contributed by atoms with Crippen LogP contribution >= 0.6 is 0 Å². The molecule has 1 N–H and O–H groups in total. The summed E-state index contributed by atoms with van der Waals surface area (Å²) >= 11 is 0. The highest BCUT2D eigenvalue weighted by atomic mass is 32.3. The van der Waals surface area contributed by atoms with Crippen LogP contribution < -0.4 is 0 Å². The van der Waals surface area contributed by atoms with E-state index in [1.54, 1.807) is 0 Å². The van der Waals surface area contributed by atoms with Crippen LogP contribution in [0.15, 0.2) is 0 Å². The first-order valence-electron chi connectivity index (χ1n) is 8.26. The molecule has 128 valence electrons. The second-order valence-corrected chi connectivity index (χ2v) is 6.49. The maximum Gasteiger partial charge on any atom is 0.397 e. The first kappa shape index (κ1) is 20.8. The molecule has 0 aliphatic heterocycles. The Labute approximate surface area is 130 Å². The molecule has 0 aliphatic carbocycles. The monoisotopic (exact) mass is 324 g/mol. The van der Waals surface area contributed by atoms with Crippen molar-refractivity contribution in [2.45, 2.75) is 77.6 Å². The van der Waals surface area contributed by atoms with Crippen molar-refractivity contribution >= 4 is 10.4 Å². The summed E-state index contributed by atoms with van der Waals surface area (Å²) in [7, 11) is -4.28. The van der Waals surface area contributed by atoms with E-state index in [4.69, 9.17) is 9.29 Å². The fraction of sp³-hybridized carbons (Fsp3) is 1.00. The second kappa shape index (κ2) is 14.8. The molecule has 0 aromatic carbocycles. The summed E-state index contributed by atoms with van der Waals surface area (Å²) < 4.78 is 38.5. The van der Waals surface area contributed by atoms with Crippen LogP contribution in [0.5, 0.6) is 0 Å². The largest absolute Gasteiger partial charge is 0.397 e. The van der Waals surface area contributed by atoms with Gasteiger partial charge >= 0.3 is 10.4 Å². The Morgan fingerprint density at radius 3 is 1.67 bits per heavy atom. The maximum atomic E-state index is 10.3. The summed E-state index contributed by atoms with van der Waals surface area (Å²) in [6.45, 7) is 3.64. The minimum atomic E-state index is -4.28. The maximum absolute atomic E-state index is 10.3. The van der Waals surface area contributed by atoms with E-state index in [0.29, 0.717) is 13.0 Å². The zero-order valence-electron chi connectivity index (χ0n) is 13.4. The molecule has 0 radical (unpaired) electrons. The lowest BCUT2D eigenvalue weighted by molar-refractivity contribution is 0.122. The molecule has 0 unspecified atom stereocenters. The predicted molar refractivity (Wildman–Crippen MR) is 84.8 cm³/mol. The SMILES string of the molecule is CCCCCCCCCCCOCCCCOS(=O)(=O)O. The minimum Gasteiger partial charge on any atom is -0.381 e.